The normalized spacial score (nSPS) is 12.6. The summed E-state index contributed by atoms with van der Waals surface area (Å²) in [6.07, 6.45) is 0.847. The van der Waals surface area contributed by atoms with Crippen molar-refractivity contribution >= 4 is 22.9 Å². The molecule has 0 aliphatic heterocycles. The zero-order valence-corrected chi connectivity index (χ0v) is 11.7. The van der Waals surface area contributed by atoms with Crippen LogP contribution in [-0.4, -0.2) is 0 Å². The fourth-order valence-electron chi connectivity index (χ4n) is 1.90. The molecule has 4 heteroatoms. The lowest BCUT2D eigenvalue weighted by Gasteiger charge is -2.17. The van der Waals surface area contributed by atoms with Gasteiger partial charge in [0, 0.05) is 23.0 Å². The summed E-state index contributed by atoms with van der Waals surface area (Å²) < 4.78 is 14.5. The van der Waals surface area contributed by atoms with Crippen LogP contribution in [0.15, 0.2) is 36.4 Å². The molecular weight excluding hydrogens is 269 g/mol. The predicted molar refractivity (Wildman–Crippen MR) is 75.6 cm³/mol. The van der Waals surface area contributed by atoms with Gasteiger partial charge in [-0.05, 0) is 24.6 Å². The zero-order valence-electron chi connectivity index (χ0n) is 10.1. The summed E-state index contributed by atoms with van der Waals surface area (Å²) in [6, 6.07) is 10.8. The molecular formula is C14H15ClFNS. The molecule has 96 valence electrons. The second-order valence-corrected chi connectivity index (χ2v) is 5.87. The summed E-state index contributed by atoms with van der Waals surface area (Å²) in [6.45, 7) is 2.76. The number of hydrogen-bond acceptors (Lipinski definition) is 2. The van der Waals surface area contributed by atoms with Crippen LogP contribution in [0, 0.1) is 5.82 Å². The molecule has 1 aromatic carbocycles. The number of benzene rings is 1. The highest BCUT2D eigenvalue weighted by Crippen LogP contribution is 2.24. The topological polar surface area (TPSA) is 12.0 Å². The summed E-state index contributed by atoms with van der Waals surface area (Å²) in [7, 11) is 0. The van der Waals surface area contributed by atoms with Gasteiger partial charge in [-0.15, -0.1) is 11.3 Å². The molecule has 0 spiro atoms. The van der Waals surface area contributed by atoms with E-state index in [0.717, 1.165) is 21.2 Å². The van der Waals surface area contributed by atoms with Gasteiger partial charge in [0.2, 0.25) is 0 Å². The molecule has 0 fully saturated rings. The van der Waals surface area contributed by atoms with Crippen molar-refractivity contribution in [3.8, 4) is 0 Å². The molecule has 0 saturated heterocycles. The molecule has 1 heterocycles. The second-order valence-electron chi connectivity index (χ2n) is 4.07. The van der Waals surface area contributed by atoms with Crippen molar-refractivity contribution < 1.29 is 4.39 Å². The summed E-state index contributed by atoms with van der Waals surface area (Å²) >= 11 is 7.43. The van der Waals surface area contributed by atoms with E-state index >= 15 is 0 Å². The average molecular weight is 284 g/mol. The van der Waals surface area contributed by atoms with Crippen LogP contribution in [-0.2, 0) is 6.54 Å². The zero-order chi connectivity index (χ0) is 13.0. The largest absolute Gasteiger partial charge is 0.305 e. The van der Waals surface area contributed by atoms with Crippen LogP contribution in [0.1, 0.15) is 29.8 Å². The van der Waals surface area contributed by atoms with Crippen LogP contribution in [0.4, 0.5) is 4.39 Å². The molecule has 0 aliphatic carbocycles. The molecule has 0 bridgehead atoms. The van der Waals surface area contributed by atoms with Gasteiger partial charge in [-0.25, -0.2) is 4.39 Å². The summed E-state index contributed by atoms with van der Waals surface area (Å²) in [4.78, 5) is 1.16. The van der Waals surface area contributed by atoms with E-state index < -0.39 is 0 Å². The molecule has 1 aromatic heterocycles. The van der Waals surface area contributed by atoms with Gasteiger partial charge < -0.3 is 5.32 Å². The van der Waals surface area contributed by atoms with E-state index in [-0.39, 0.29) is 11.9 Å². The highest BCUT2D eigenvalue weighted by atomic mass is 35.5. The number of nitrogens with one attached hydrogen (secondary N) is 1. The van der Waals surface area contributed by atoms with Crippen molar-refractivity contribution in [3.05, 3.63) is 57.0 Å². The Labute approximate surface area is 116 Å². The average Bonchev–Trinajstić information content (AvgIpc) is 2.78. The smallest absolute Gasteiger partial charge is 0.127 e. The number of thiophene rings is 1. The van der Waals surface area contributed by atoms with Gasteiger partial charge in [-0.2, -0.15) is 0 Å². The number of hydrogen-bond donors (Lipinski definition) is 1. The van der Waals surface area contributed by atoms with Gasteiger partial charge in [0.1, 0.15) is 5.82 Å². The quantitative estimate of drug-likeness (QED) is 0.832. The lowest BCUT2D eigenvalue weighted by Crippen LogP contribution is -2.20. The van der Waals surface area contributed by atoms with Gasteiger partial charge in [-0.1, -0.05) is 36.7 Å². The Bertz CT molecular complexity index is 512. The molecule has 0 amide bonds. The fourth-order valence-corrected chi connectivity index (χ4v) is 2.94. The maximum Gasteiger partial charge on any atom is 0.127 e. The van der Waals surface area contributed by atoms with Crippen LogP contribution in [0.25, 0.3) is 0 Å². The third-order valence-electron chi connectivity index (χ3n) is 2.84. The Morgan fingerprint density at radius 1 is 1.28 bits per heavy atom. The molecule has 0 radical (unpaired) electrons. The molecule has 1 nitrogen and oxygen atoms in total. The minimum atomic E-state index is -0.152. The molecule has 0 saturated carbocycles. The number of halogens is 2. The van der Waals surface area contributed by atoms with Crippen molar-refractivity contribution in [1.29, 1.82) is 0 Å². The third kappa shape index (κ3) is 3.31. The first-order valence-corrected chi connectivity index (χ1v) is 7.12. The van der Waals surface area contributed by atoms with Crippen molar-refractivity contribution in [2.24, 2.45) is 0 Å². The first kappa shape index (κ1) is 13.5. The van der Waals surface area contributed by atoms with Gasteiger partial charge in [-0.3, -0.25) is 0 Å². The highest BCUT2D eigenvalue weighted by Gasteiger charge is 2.13. The van der Waals surface area contributed by atoms with Crippen molar-refractivity contribution in [2.75, 3.05) is 0 Å². The lowest BCUT2D eigenvalue weighted by molar-refractivity contribution is 0.490. The van der Waals surface area contributed by atoms with Crippen LogP contribution in [0.2, 0.25) is 4.34 Å². The SMILES string of the molecule is CCC(NCc1ccc(Cl)s1)c1ccccc1F. The monoisotopic (exact) mass is 283 g/mol. The number of rotatable bonds is 5. The molecule has 0 aliphatic rings. The first-order valence-electron chi connectivity index (χ1n) is 5.92. The Kier molecular flexibility index (Phi) is 4.75. The Hall–Kier alpha value is -0.900. The molecule has 1 unspecified atom stereocenters. The van der Waals surface area contributed by atoms with Crippen LogP contribution in [0.3, 0.4) is 0 Å². The van der Waals surface area contributed by atoms with E-state index in [0.29, 0.717) is 6.54 Å². The Morgan fingerprint density at radius 2 is 2.06 bits per heavy atom. The van der Waals surface area contributed by atoms with E-state index in [2.05, 4.69) is 5.32 Å². The van der Waals surface area contributed by atoms with E-state index in [1.807, 2.05) is 31.2 Å². The van der Waals surface area contributed by atoms with E-state index in [1.54, 1.807) is 17.4 Å². The molecule has 1 atom stereocenters. The van der Waals surface area contributed by atoms with Crippen LogP contribution >= 0.6 is 22.9 Å². The summed E-state index contributed by atoms with van der Waals surface area (Å²) in [5.74, 6) is -0.152. The standard InChI is InChI=1S/C14H15ClFNS/c1-2-13(11-5-3-4-6-12(11)16)17-9-10-7-8-14(15)18-10/h3-8,13,17H,2,9H2,1H3. The van der Waals surface area contributed by atoms with Crippen LogP contribution < -0.4 is 5.32 Å². The third-order valence-corrected chi connectivity index (χ3v) is 4.07. The van der Waals surface area contributed by atoms with Crippen molar-refractivity contribution in [2.45, 2.75) is 25.9 Å². The Morgan fingerprint density at radius 3 is 2.67 bits per heavy atom. The van der Waals surface area contributed by atoms with Gasteiger partial charge >= 0.3 is 0 Å². The lowest BCUT2D eigenvalue weighted by atomic mass is 10.0. The maximum atomic E-state index is 13.7. The molecule has 18 heavy (non-hydrogen) atoms. The molecule has 1 N–H and O–H groups in total. The summed E-state index contributed by atoms with van der Waals surface area (Å²) in [5.41, 5.74) is 0.725. The van der Waals surface area contributed by atoms with Crippen molar-refractivity contribution in [3.63, 3.8) is 0 Å². The Balaban J connectivity index is 2.04. The predicted octanol–water partition coefficient (Wildman–Crippen LogP) is 4.78. The molecule has 2 rings (SSSR count). The van der Waals surface area contributed by atoms with Gasteiger partial charge in [0.25, 0.3) is 0 Å². The van der Waals surface area contributed by atoms with Gasteiger partial charge in [0.05, 0.1) is 4.34 Å². The van der Waals surface area contributed by atoms with E-state index in [9.17, 15) is 4.39 Å². The van der Waals surface area contributed by atoms with Crippen molar-refractivity contribution in [1.82, 2.24) is 5.32 Å². The summed E-state index contributed by atoms with van der Waals surface area (Å²) in [5, 5.41) is 3.37. The van der Waals surface area contributed by atoms with E-state index in [4.69, 9.17) is 11.6 Å². The second kappa shape index (κ2) is 6.32. The first-order chi connectivity index (χ1) is 8.70. The minimum Gasteiger partial charge on any atom is -0.305 e. The van der Waals surface area contributed by atoms with Gasteiger partial charge in [0.15, 0.2) is 0 Å². The fraction of sp³-hybridized carbons (Fsp3) is 0.286. The molecule has 2 aromatic rings. The minimum absolute atomic E-state index is 0.0343. The van der Waals surface area contributed by atoms with Crippen LogP contribution in [0.5, 0.6) is 0 Å². The maximum absolute atomic E-state index is 13.7. The highest BCUT2D eigenvalue weighted by molar-refractivity contribution is 7.16. The van der Waals surface area contributed by atoms with E-state index in [1.165, 1.54) is 6.07 Å².